The Balaban J connectivity index is 1.37. The zero-order chi connectivity index (χ0) is 25.5. The van der Waals surface area contributed by atoms with Crippen LogP contribution in [0.25, 0.3) is 83.1 Å². The van der Waals surface area contributed by atoms with E-state index in [1.807, 2.05) is 30.5 Å². The number of hydrogen-bond acceptors (Lipinski definition) is 3. The number of pyridine rings is 3. The van der Waals surface area contributed by atoms with Gasteiger partial charge in [-0.15, -0.1) is 0 Å². The Morgan fingerprint density at radius 2 is 1.28 bits per heavy atom. The fourth-order valence-electron chi connectivity index (χ4n) is 6.33. The third-order valence-electron chi connectivity index (χ3n) is 7.98. The molecule has 0 saturated heterocycles. The van der Waals surface area contributed by atoms with Gasteiger partial charge in [0.05, 0.1) is 33.5 Å². The van der Waals surface area contributed by atoms with Gasteiger partial charge in [0, 0.05) is 39.0 Å². The monoisotopic (exact) mass is 496 g/mol. The largest absolute Gasteiger partial charge is 0.294 e. The van der Waals surface area contributed by atoms with E-state index >= 15 is 0 Å². The Morgan fingerprint density at radius 3 is 2.23 bits per heavy atom. The van der Waals surface area contributed by atoms with Crippen LogP contribution in [0.15, 0.2) is 121 Å². The smallest absolute Gasteiger partial charge is 0.138 e. The van der Waals surface area contributed by atoms with Crippen LogP contribution in [0.5, 0.6) is 0 Å². The maximum Gasteiger partial charge on any atom is 0.138 e. The van der Waals surface area contributed by atoms with E-state index in [9.17, 15) is 0 Å². The lowest BCUT2D eigenvalue weighted by Crippen LogP contribution is -1.99. The second-order valence-corrected chi connectivity index (χ2v) is 10.1. The predicted molar refractivity (Wildman–Crippen MR) is 159 cm³/mol. The fourth-order valence-corrected chi connectivity index (χ4v) is 6.33. The summed E-state index contributed by atoms with van der Waals surface area (Å²) in [7, 11) is 0. The lowest BCUT2D eigenvalue weighted by Gasteiger charge is -2.13. The van der Waals surface area contributed by atoms with Crippen molar-refractivity contribution < 1.29 is 0 Å². The van der Waals surface area contributed by atoms with E-state index in [2.05, 4.69) is 95.6 Å². The molecule has 180 valence electrons. The van der Waals surface area contributed by atoms with Crippen molar-refractivity contribution in [1.29, 1.82) is 0 Å². The molecular weight excluding hydrogens is 476 g/mol. The Hall–Kier alpha value is -5.35. The second kappa shape index (κ2) is 7.59. The first-order valence-corrected chi connectivity index (χ1v) is 13.1. The molecule has 0 amide bonds. The summed E-state index contributed by atoms with van der Waals surface area (Å²) in [5, 5.41) is 4.97. The Labute approximate surface area is 223 Å². The van der Waals surface area contributed by atoms with Crippen molar-refractivity contribution in [2.45, 2.75) is 0 Å². The van der Waals surface area contributed by atoms with E-state index in [1.54, 1.807) is 0 Å². The number of hydrogen-bond donors (Lipinski definition) is 0. The van der Waals surface area contributed by atoms with Gasteiger partial charge in [-0.25, -0.2) is 9.97 Å². The maximum absolute atomic E-state index is 5.14. The average Bonchev–Trinajstić information content (AvgIpc) is 3.29. The highest BCUT2D eigenvalue weighted by Crippen LogP contribution is 2.48. The van der Waals surface area contributed by atoms with Gasteiger partial charge in [-0.3, -0.25) is 9.55 Å². The van der Waals surface area contributed by atoms with Crippen LogP contribution in [0.4, 0.5) is 0 Å². The SMILES string of the molecule is c1ccc(-c2ccc3nc(-n4c5cccc6c5c5c7c(cccc7ccc54)-c4ncccc4-6)ccc3n2)cc1. The van der Waals surface area contributed by atoms with Gasteiger partial charge in [-0.1, -0.05) is 72.8 Å². The molecule has 0 radical (unpaired) electrons. The normalized spacial score (nSPS) is 12.1. The first-order valence-electron chi connectivity index (χ1n) is 13.1. The van der Waals surface area contributed by atoms with Crippen LogP contribution in [0, 0.1) is 0 Å². The van der Waals surface area contributed by atoms with Gasteiger partial charge in [-0.2, -0.15) is 0 Å². The van der Waals surface area contributed by atoms with E-state index in [0.29, 0.717) is 0 Å². The van der Waals surface area contributed by atoms with Crippen molar-refractivity contribution in [3.8, 4) is 39.5 Å². The van der Waals surface area contributed by atoms with Crippen molar-refractivity contribution in [3.63, 3.8) is 0 Å². The molecule has 0 unspecified atom stereocenters. The molecule has 0 aliphatic heterocycles. The van der Waals surface area contributed by atoms with Crippen LogP contribution in [0.1, 0.15) is 0 Å². The minimum Gasteiger partial charge on any atom is -0.294 e. The van der Waals surface area contributed by atoms with E-state index in [0.717, 1.165) is 50.4 Å². The minimum atomic E-state index is 0.876. The van der Waals surface area contributed by atoms with Crippen molar-refractivity contribution in [3.05, 3.63) is 121 Å². The van der Waals surface area contributed by atoms with Crippen molar-refractivity contribution in [2.24, 2.45) is 0 Å². The van der Waals surface area contributed by atoms with Crippen molar-refractivity contribution in [1.82, 2.24) is 19.5 Å². The van der Waals surface area contributed by atoms with Gasteiger partial charge >= 0.3 is 0 Å². The third kappa shape index (κ3) is 2.80. The third-order valence-corrected chi connectivity index (χ3v) is 7.98. The zero-order valence-electron chi connectivity index (χ0n) is 20.8. The molecule has 8 aromatic rings. The molecule has 1 aliphatic rings. The summed E-state index contributed by atoms with van der Waals surface area (Å²) in [5.74, 6) is 0.887. The zero-order valence-corrected chi connectivity index (χ0v) is 20.8. The highest BCUT2D eigenvalue weighted by Gasteiger charge is 2.25. The molecule has 4 aromatic carbocycles. The van der Waals surface area contributed by atoms with Crippen molar-refractivity contribution in [2.75, 3.05) is 0 Å². The molecule has 4 heterocycles. The summed E-state index contributed by atoms with van der Waals surface area (Å²) in [4.78, 5) is 14.9. The Bertz CT molecular complexity index is 2280. The van der Waals surface area contributed by atoms with Gasteiger partial charge in [-0.05, 0) is 53.4 Å². The van der Waals surface area contributed by atoms with Gasteiger partial charge in [0.1, 0.15) is 5.82 Å². The number of nitrogens with zero attached hydrogens (tertiary/aromatic N) is 4. The van der Waals surface area contributed by atoms with Crippen LogP contribution in [-0.2, 0) is 0 Å². The van der Waals surface area contributed by atoms with Crippen LogP contribution < -0.4 is 0 Å². The van der Waals surface area contributed by atoms with Crippen LogP contribution in [0.2, 0.25) is 0 Å². The lowest BCUT2D eigenvalue weighted by atomic mass is 9.98. The fraction of sp³-hybridized carbons (Fsp3) is 0. The molecule has 4 aromatic heterocycles. The van der Waals surface area contributed by atoms with Gasteiger partial charge in [0.15, 0.2) is 0 Å². The molecule has 0 saturated carbocycles. The first kappa shape index (κ1) is 20.7. The summed E-state index contributed by atoms with van der Waals surface area (Å²) < 4.78 is 2.30. The highest BCUT2D eigenvalue weighted by molar-refractivity contribution is 6.30. The van der Waals surface area contributed by atoms with Gasteiger partial charge in [0.25, 0.3) is 0 Å². The van der Waals surface area contributed by atoms with Crippen molar-refractivity contribution >= 4 is 43.6 Å². The maximum atomic E-state index is 5.14. The van der Waals surface area contributed by atoms with Gasteiger partial charge < -0.3 is 0 Å². The summed E-state index contributed by atoms with van der Waals surface area (Å²) in [6.45, 7) is 0. The molecule has 0 N–H and O–H groups in total. The highest BCUT2D eigenvalue weighted by atomic mass is 15.1. The number of fused-ring (bicyclic) bond motifs is 4. The summed E-state index contributed by atoms with van der Waals surface area (Å²) in [5.41, 5.74) is 10.7. The molecule has 0 fully saturated rings. The molecule has 0 spiro atoms. The molecule has 1 aliphatic carbocycles. The molecular formula is C35H20N4. The molecule has 39 heavy (non-hydrogen) atoms. The average molecular weight is 497 g/mol. The number of rotatable bonds is 2. The Morgan fingerprint density at radius 1 is 0.487 bits per heavy atom. The van der Waals surface area contributed by atoms with Crippen LogP contribution >= 0.6 is 0 Å². The minimum absolute atomic E-state index is 0.876. The number of aromatic nitrogens is 4. The van der Waals surface area contributed by atoms with Crippen LogP contribution in [-0.4, -0.2) is 19.5 Å². The van der Waals surface area contributed by atoms with E-state index in [1.165, 1.54) is 32.7 Å². The summed E-state index contributed by atoms with van der Waals surface area (Å²) in [6, 6.07) is 40.4. The van der Waals surface area contributed by atoms with E-state index in [-0.39, 0.29) is 0 Å². The molecule has 0 bridgehead atoms. The first-order chi connectivity index (χ1) is 19.3. The summed E-state index contributed by atoms with van der Waals surface area (Å²) in [6.07, 6.45) is 1.89. The van der Waals surface area contributed by atoms with Gasteiger partial charge in [0.2, 0.25) is 0 Å². The Kier molecular flexibility index (Phi) is 4.02. The van der Waals surface area contributed by atoms with E-state index in [4.69, 9.17) is 15.0 Å². The standard InChI is InChI=1S/C35H20N4/c1-2-7-21(8-3-1)26-15-16-28-27(37-26)17-19-31(38-28)39-29-13-5-10-23-24-12-6-20-36-35(24)25-11-4-9-22-14-18-30(39)34(32(22)25)33(23)29/h1-20H. The molecule has 9 rings (SSSR count). The molecule has 0 atom stereocenters. The molecule has 4 nitrogen and oxygen atoms in total. The molecule has 4 heteroatoms. The van der Waals surface area contributed by atoms with Crippen LogP contribution in [0.3, 0.4) is 0 Å². The number of benzene rings is 4. The topological polar surface area (TPSA) is 43.6 Å². The summed E-state index contributed by atoms with van der Waals surface area (Å²) >= 11 is 0. The lowest BCUT2D eigenvalue weighted by molar-refractivity contribution is 1.10. The predicted octanol–water partition coefficient (Wildman–Crippen LogP) is 8.59. The quantitative estimate of drug-likeness (QED) is 0.241. The second-order valence-electron chi connectivity index (χ2n) is 10.1. The van der Waals surface area contributed by atoms with E-state index < -0.39 is 0 Å².